The molecule has 6 heteroatoms. The number of halogens is 3. The van der Waals surface area contributed by atoms with Crippen LogP contribution in [0.25, 0.3) is 0 Å². The minimum Gasteiger partial charge on any atom is -0.366 e. The second kappa shape index (κ2) is 6.56. The molecule has 0 bridgehead atoms. The van der Waals surface area contributed by atoms with Crippen LogP contribution in [0.5, 0.6) is 0 Å². The van der Waals surface area contributed by atoms with Crippen molar-refractivity contribution in [3.63, 3.8) is 0 Å². The Morgan fingerprint density at radius 1 is 1.17 bits per heavy atom. The van der Waals surface area contributed by atoms with Crippen molar-refractivity contribution in [1.82, 2.24) is 4.98 Å². The Balaban J connectivity index is 2.00. The first-order chi connectivity index (χ1) is 8.60. The summed E-state index contributed by atoms with van der Waals surface area (Å²) in [6.45, 7) is 0. The normalized spacial score (nSPS) is 24.0. The van der Waals surface area contributed by atoms with Crippen LogP contribution in [0.4, 0.5) is 5.82 Å². The lowest BCUT2D eigenvalue weighted by Gasteiger charge is -2.28. The van der Waals surface area contributed by atoms with Crippen molar-refractivity contribution in [2.24, 2.45) is 0 Å². The predicted molar refractivity (Wildman–Crippen MR) is 82.4 cm³/mol. The molecular weight excluding hydrogens is 311 g/mol. The van der Waals surface area contributed by atoms with Gasteiger partial charge in [0.2, 0.25) is 0 Å². The average molecular weight is 326 g/mol. The van der Waals surface area contributed by atoms with Crippen LogP contribution in [-0.2, 0) is 0 Å². The van der Waals surface area contributed by atoms with Gasteiger partial charge >= 0.3 is 0 Å². The smallest absolute Gasteiger partial charge is 0.150 e. The summed E-state index contributed by atoms with van der Waals surface area (Å²) in [7, 11) is 0. The third-order valence-electron chi connectivity index (χ3n) is 3.24. The number of hydrogen-bond acceptors (Lipinski definition) is 3. The molecule has 1 N–H and O–H groups in total. The van der Waals surface area contributed by atoms with E-state index in [9.17, 15) is 0 Å². The minimum absolute atomic E-state index is 0.293. The van der Waals surface area contributed by atoms with Gasteiger partial charge in [-0.2, -0.15) is 11.8 Å². The molecule has 1 aliphatic carbocycles. The van der Waals surface area contributed by atoms with Crippen molar-refractivity contribution in [3.8, 4) is 0 Å². The summed E-state index contributed by atoms with van der Waals surface area (Å²) in [6, 6.07) is 2.06. The lowest BCUT2D eigenvalue weighted by atomic mass is 9.95. The Bertz CT molecular complexity index is 420. The van der Waals surface area contributed by atoms with Crippen molar-refractivity contribution in [2.75, 3.05) is 11.6 Å². The van der Waals surface area contributed by atoms with Crippen LogP contribution in [0.1, 0.15) is 25.7 Å². The van der Waals surface area contributed by atoms with E-state index in [2.05, 4.69) is 16.6 Å². The van der Waals surface area contributed by atoms with E-state index in [4.69, 9.17) is 34.8 Å². The molecule has 1 heterocycles. The van der Waals surface area contributed by atoms with Crippen LogP contribution in [0.2, 0.25) is 15.2 Å². The number of thioether (sulfide) groups is 1. The van der Waals surface area contributed by atoms with Crippen molar-refractivity contribution in [3.05, 3.63) is 21.3 Å². The van der Waals surface area contributed by atoms with Crippen LogP contribution in [0.15, 0.2) is 6.07 Å². The molecule has 100 valence electrons. The fourth-order valence-electron chi connectivity index (χ4n) is 2.18. The molecule has 0 aromatic carbocycles. The van der Waals surface area contributed by atoms with Gasteiger partial charge in [0.05, 0.1) is 10.0 Å². The van der Waals surface area contributed by atoms with Gasteiger partial charge in [0.1, 0.15) is 11.0 Å². The zero-order chi connectivity index (χ0) is 13.1. The molecule has 1 fully saturated rings. The highest BCUT2D eigenvalue weighted by Gasteiger charge is 2.21. The highest BCUT2D eigenvalue weighted by Crippen LogP contribution is 2.32. The van der Waals surface area contributed by atoms with Crippen molar-refractivity contribution in [2.45, 2.75) is 37.0 Å². The third-order valence-corrected chi connectivity index (χ3v) is 5.33. The minimum atomic E-state index is 0.293. The van der Waals surface area contributed by atoms with Crippen LogP contribution in [0, 0.1) is 0 Å². The summed E-state index contributed by atoms with van der Waals surface area (Å²) in [4.78, 5) is 4.19. The van der Waals surface area contributed by atoms with Crippen LogP contribution < -0.4 is 5.32 Å². The maximum absolute atomic E-state index is 6.10. The Kier molecular flexibility index (Phi) is 5.31. The SMILES string of the molecule is CSC1CCC(Nc2nc(Cl)c(Cl)cc2Cl)CC1. The van der Waals surface area contributed by atoms with Crippen LogP contribution in [-0.4, -0.2) is 22.5 Å². The number of anilines is 1. The number of hydrogen-bond donors (Lipinski definition) is 1. The summed E-state index contributed by atoms with van der Waals surface area (Å²) >= 11 is 19.8. The summed E-state index contributed by atoms with van der Waals surface area (Å²) in [5.74, 6) is 0.638. The Labute approximate surface area is 127 Å². The van der Waals surface area contributed by atoms with Gasteiger partial charge in [0.25, 0.3) is 0 Å². The maximum Gasteiger partial charge on any atom is 0.150 e. The number of pyridine rings is 1. The van der Waals surface area contributed by atoms with Crippen LogP contribution >= 0.6 is 46.6 Å². The van der Waals surface area contributed by atoms with Gasteiger partial charge in [-0.1, -0.05) is 34.8 Å². The number of aromatic nitrogens is 1. The second-order valence-electron chi connectivity index (χ2n) is 4.45. The Morgan fingerprint density at radius 2 is 1.83 bits per heavy atom. The quantitative estimate of drug-likeness (QED) is 0.780. The van der Waals surface area contributed by atoms with E-state index in [0.29, 0.717) is 27.1 Å². The molecule has 0 aliphatic heterocycles. The van der Waals surface area contributed by atoms with Gasteiger partial charge in [-0.05, 0) is 38.0 Å². The number of nitrogens with one attached hydrogen (secondary N) is 1. The first-order valence-electron chi connectivity index (χ1n) is 5.91. The summed E-state index contributed by atoms with van der Waals surface area (Å²) in [6.07, 6.45) is 6.93. The van der Waals surface area contributed by atoms with Gasteiger partial charge in [-0.15, -0.1) is 0 Å². The molecule has 2 nitrogen and oxygen atoms in total. The lowest BCUT2D eigenvalue weighted by Crippen LogP contribution is -2.27. The van der Waals surface area contributed by atoms with E-state index in [1.165, 1.54) is 12.8 Å². The maximum atomic E-state index is 6.10. The van der Waals surface area contributed by atoms with E-state index >= 15 is 0 Å². The molecule has 0 atom stereocenters. The van der Waals surface area contributed by atoms with Crippen LogP contribution in [0.3, 0.4) is 0 Å². The highest BCUT2D eigenvalue weighted by molar-refractivity contribution is 7.99. The summed E-state index contributed by atoms with van der Waals surface area (Å²) in [5, 5.41) is 5.36. The molecule has 1 aliphatic rings. The van der Waals surface area contributed by atoms with E-state index < -0.39 is 0 Å². The molecule has 0 spiro atoms. The van der Waals surface area contributed by atoms with Crippen molar-refractivity contribution >= 4 is 52.4 Å². The number of nitrogens with zero attached hydrogens (tertiary/aromatic N) is 1. The Morgan fingerprint density at radius 3 is 2.44 bits per heavy atom. The molecule has 0 saturated heterocycles. The van der Waals surface area contributed by atoms with Crippen molar-refractivity contribution in [1.29, 1.82) is 0 Å². The molecule has 2 rings (SSSR count). The molecule has 0 radical (unpaired) electrons. The average Bonchev–Trinajstić information content (AvgIpc) is 2.37. The fraction of sp³-hybridized carbons (Fsp3) is 0.583. The van der Waals surface area contributed by atoms with E-state index in [0.717, 1.165) is 18.1 Å². The van der Waals surface area contributed by atoms with Gasteiger partial charge < -0.3 is 5.32 Å². The lowest BCUT2D eigenvalue weighted by molar-refractivity contribution is 0.472. The fourth-order valence-corrected chi connectivity index (χ4v) is 3.48. The third kappa shape index (κ3) is 3.60. The van der Waals surface area contributed by atoms with E-state index in [1.54, 1.807) is 6.07 Å². The van der Waals surface area contributed by atoms with Gasteiger partial charge in [0.15, 0.2) is 0 Å². The summed E-state index contributed by atoms with van der Waals surface area (Å²) < 4.78 is 0. The Hall–Kier alpha value is 0.170. The number of rotatable bonds is 3. The predicted octanol–water partition coefficient (Wildman–Crippen LogP) is 5.13. The summed E-state index contributed by atoms with van der Waals surface area (Å²) in [5.41, 5.74) is 0. The molecule has 0 unspecified atom stereocenters. The molecule has 18 heavy (non-hydrogen) atoms. The molecule has 1 aromatic heterocycles. The topological polar surface area (TPSA) is 24.9 Å². The molecule has 1 aromatic rings. The van der Waals surface area contributed by atoms with E-state index in [1.807, 2.05) is 11.8 Å². The van der Waals surface area contributed by atoms with Gasteiger partial charge in [0, 0.05) is 11.3 Å². The molecule has 0 amide bonds. The zero-order valence-corrected chi connectivity index (χ0v) is 13.1. The van der Waals surface area contributed by atoms with Crippen molar-refractivity contribution < 1.29 is 0 Å². The highest BCUT2D eigenvalue weighted by atomic mass is 35.5. The standard InChI is InChI=1S/C12H15Cl3N2S/c1-18-8-4-2-7(3-5-8)16-12-10(14)6-9(13)11(15)17-12/h6-8H,2-5H2,1H3,(H,16,17). The van der Waals surface area contributed by atoms with E-state index in [-0.39, 0.29) is 0 Å². The largest absolute Gasteiger partial charge is 0.366 e. The first kappa shape index (κ1) is 14.6. The monoisotopic (exact) mass is 324 g/mol. The zero-order valence-electron chi connectivity index (χ0n) is 10.0. The second-order valence-corrected chi connectivity index (χ2v) is 6.76. The molecular formula is C12H15Cl3N2S. The van der Waals surface area contributed by atoms with Gasteiger partial charge in [-0.25, -0.2) is 4.98 Å². The van der Waals surface area contributed by atoms with Gasteiger partial charge in [-0.3, -0.25) is 0 Å². The first-order valence-corrected chi connectivity index (χ1v) is 8.33. The molecule has 1 saturated carbocycles.